The van der Waals surface area contributed by atoms with Crippen LogP contribution < -0.4 is 0 Å². The Labute approximate surface area is 79.6 Å². The zero-order valence-corrected chi connectivity index (χ0v) is 10.0. The standard InChI is InChI=1S/C11H24Si/c1-4-7-8-9-11-12(6-3)10-5-2/h10H,4-9,11H2,1-3H3. The van der Waals surface area contributed by atoms with Gasteiger partial charge in [0, 0.05) is 8.41 Å². The van der Waals surface area contributed by atoms with E-state index in [0.29, 0.717) is 0 Å². The van der Waals surface area contributed by atoms with Crippen molar-refractivity contribution in [3.8, 4) is 0 Å². The summed E-state index contributed by atoms with van der Waals surface area (Å²) in [6, 6.07) is 2.96. The summed E-state index contributed by atoms with van der Waals surface area (Å²) in [5, 5.41) is 0. The van der Waals surface area contributed by atoms with Crippen LogP contribution in [0.4, 0.5) is 0 Å². The fourth-order valence-electron chi connectivity index (χ4n) is 1.49. The lowest BCUT2D eigenvalue weighted by atomic mass is 10.2. The van der Waals surface area contributed by atoms with E-state index in [1.54, 1.807) is 0 Å². The molecule has 0 aliphatic heterocycles. The Hall–Kier alpha value is 0.0869. The highest BCUT2D eigenvalue weighted by Gasteiger charge is 1.94. The smallest absolute Gasteiger partial charge is 0.00503 e. The SMILES string of the molecule is CCC=[Si](CC)CCCCCC. The number of hydrogen-bond acceptors (Lipinski definition) is 0. The molecular formula is C11H24Si. The minimum atomic E-state index is -0.0404. The second kappa shape index (κ2) is 9.18. The molecule has 0 aromatic heterocycles. The fourth-order valence-corrected chi connectivity index (χ4v) is 3.62. The summed E-state index contributed by atoms with van der Waals surface area (Å²) in [5.74, 6) is 0. The van der Waals surface area contributed by atoms with Gasteiger partial charge in [-0.1, -0.05) is 46.5 Å². The van der Waals surface area contributed by atoms with Crippen molar-refractivity contribution in [2.24, 2.45) is 0 Å². The second-order valence-corrected chi connectivity index (χ2v) is 6.37. The van der Waals surface area contributed by atoms with Gasteiger partial charge in [0.1, 0.15) is 0 Å². The van der Waals surface area contributed by atoms with Crippen LogP contribution >= 0.6 is 0 Å². The molecule has 72 valence electrons. The van der Waals surface area contributed by atoms with E-state index in [1.165, 1.54) is 44.2 Å². The van der Waals surface area contributed by atoms with Crippen LogP contribution in [0, 0.1) is 0 Å². The van der Waals surface area contributed by atoms with Crippen LogP contribution in [0.5, 0.6) is 0 Å². The Morgan fingerprint density at radius 3 is 2.25 bits per heavy atom. The van der Waals surface area contributed by atoms with E-state index < -0.39 is 0 Å². The fraction of sp³-hybridized carbons (Fsp3) is 0.909. The van der Waals surface area contributed by atoms with Gasteiger partial charge in [0.15, 0.2) is 0 Å². The largest absolute Gasteiger partial charge is 0.104 e. The zero-order valence-electron chi connectivity index (χ0n) is 9.03. The topological polar surface area (TPSA) is 0 Å². The summed E-state index contributed by atoms with van der Waals surface area (Å²) in [6.45, 7) is 6.90. The van der Waals surface area contributed by atoms with E-state index in [4.69, 9.17) is 0 Å². The van der Waals surface area contributed by atoms with E-state index in [-0.39, 0.29) is 8.41 Å². The van der Waals surface area contributed by atoms with Gasteiger partial charge in [-0.25, -0.2) is 0 Å². The van der Waals surface area contributed by atoms with Gasteiger partial charge in [-0.05, 0) is 18.5 Å². The maximum Gasteiger partial charge on any atom is 0.00503 e. The van der Waals surface area contributed by atoms with Crippen LogP contribution in [0.25, 0.3) is 0 Å². The molecular weight excluding hydrogens is 160 g/mol. The van der Waals surface area contributed by atoms with Crippen LogP contribution in [-0.4, -0.2) is 14.1 Å². The van der Waals surface area contributed by atoms with Crippen molar-refractivity contribution >= 4 is 14.1 Å². The van der Waals surface area contributed by atoms with E-state index in [2.05, 4.69) is 26.4 Å². The first kappa shape index (κ1) is 12.1. The van der Waals surface area contributed by atoms with Crippen molar-refractivity contribution < 1.29 is 0 Å². The molecule has 0 nitrogen and oxygen atoms in total. The Morgan fingerprint density at radius 1 is 1.00 bits per heavy atom. The molecule has 0 N–H and O–H groups in total. The van der Waals surface area contributed by atoms with Gasteiger partial charge in [0.25, 0.3) is 0 Å². The lowest BCUT2D eigenvalue weighted by molar-refractivity contribution is 0.699. The second-order valence-electron chi connectivity index (χ2n) is 3.43. The summed E-state index contributed by atoms with van der Waals surface area (Å²) in [5.41, 5.74) is 2.58. The van der Waals surface area contributed by atoms with Gasteiger partial charge >= 0.3 is 0 Å². The normalized spacial score (nSPS) is 12.1. The minimum absolute atomic E-state index is 0.0404. The van der Waals surface area contributed by atoms with Gasteiger partial charge in [-0.15, -0.1) is 5.67 Å². The zero-order chi connectivity index (χ0) is 9.23. The summed E-state index contributed by atoms with van der Waals surface area (Å²) in [7, 11) is -0.0404. The Bertz CT molecular complexity index is 116. The number of unbranched alkanes of at least 4 members (excludes halogenated alkanes) is 3. The highest BCUT2D eigenvalue weighted by Crippen LogP contribution is 2.05. The lowest BCUT2D eigenvalue weighted by Gasteiger charge is -2.02. The predicted octanol–water partition coefficient (Wildman–Crippen LogP) is 3.88. The Balaban J connectivity index is 3.38. The van der Waals surface area contributed by atoms with Crippen molar-refractivity contribution in [2.75, 3.05) is 0 Å². The van der Waals surface area contributed by atoms with Crippen molar-refractivity contribution in [3.63, 3.8) is 0 Å². The van der Waals surface area contributed by atoms with Gasteiger partial charge in [-0.2, -0.15) is 0 Å². The van der Waals surface area contributed by atoms with E-state index >= 15 is 0 Å². The molecule has 0 radical (unpaired) electrons. The van der Waals surface area contributed by atoms with Crippen LogP contribution in [0.2, 0.25) is 12.1 Å². The Morgan fingerprint density at radius 2 is 1.75 bits per heavy atom. The maximum absolute atomic E-state index is 2.58. The van der Waals surface area contributed by atoms with Gasteiger partial charge in [0.05, 0.1) is 0 Å². The quantitative estimate of drug-likeness (QED) is 0.416. The van der Waals surface area contributed by atoms with Crippen molar-refractivity contribution in [2.45, 2.75) is 65.0 Å². The molecule has 12 heavy (non-hydrogen) atoms. The lowest BCUT2D eigenvalue weighted by Crippen LogP contribution is -2.02. The molecule has 0 heterocycles. The van der Waals surface area contributed by atoms with Crippen LogP contribution in [0.15, 0.2) is 0 Å². The van der Waals surface area contributed by atoms with E-state index in [9.17, 15) is 0 Å². The molecule has 0 aliphatic carbocycles. The summed E-state index contributed by atoms with van der Waals surface area (Å²) < 4.78 is 0. The van der Waals surface area contributed by atoms with Crippen molar-refractivity contribution in [1.29, 1.82) is 0 Å². The Kier molecular flexibility index (Phi) is 9.24. The first-order chi connectivity index (χ1) is 5.85. The maximum atomic E-state index is 2.58. The number of rotatable bonds is 7. The summed E-state index contributed by atoms with van der Waals surface area (Å²) >= 11 is 0. The molecule has 0 aromatic rings. The molecule has 0 amide bonds. The highest BCUT2D eigenvalue weighted by molar-refractivity contribution is 6.65. The molecule has 0 saturated carbocycles. The molecule has 0 aliphatic rings. The monoisotopic (exact) mass is 184 g/mol. The molecule has 0 bridgehead atoms. The first-order valence-electron chi connectivity index (χ1n) is 5.53. The molecule has 0 aromatic carbocycles. The summed E-state index contributed by atoms with van der Waals surface area (Å²) in [4.78, 5) is 0. The van der Waals surface area contributed by atoms with E-state index in [1.807, 2.05) is 0 Å². The first-order valence-corrected chi connectivity index (χ1v) is 7.52. The van der Waals surface area contributed by atoms with Gasteiger partial charge < -0.3 is 0 Å². The van der Waals surface area contributed by atoms with Crippen LogP contribution in [0.3, 0.4) is 0 Å². The van der Waals surface area contributed by atoms with Crippen LogP contribution in [0.1, 0.15) is 52.9 Å². The van der Waals surface area contributed by atoms with Crippen LogP contribution in [-0.2, 0) is 0 Å². The average molecular weight is 184 g/mol. The minimum Gasteiger partial charge on any atom is -0.104 e. The molecule has 0 atom stereocenters. The number of hydrogen-bond donors (Lipinski definition) is 0. The van der Waals surface area contributed by atoms with Crippen molar-refractivity contribution in [3.05, 3.63) is 0 Å². The molecule has 0 fully saturated rings. The average Bonchev–Trinajstić information content (AvgIpc) is 2.10. The van der Waals surface area contributed by atoms with E-state index in [0.717, 1.165) is 0 Å². The molecule has 0 unspecified atom stereocenters. The molecule has 0 spiro atoms. The third-order valence-corrected chi connectivity index (χ3v) is 5.19. The molecule has 0 saturated heterocycles. The predicted molar refractivity (Wildman–Crippen MR) is 61.5 cm³/mol. The third-order valence-electron chi connectivity index (χ3n) is 2.30. The van der Waals surface area contributed by atoms with Gasteiger partial charge in [0.2, 0.25) is 0 Å². The van der Waals surface area contributed by atoms with Crippen molar-refractivity contribution in [1.82, 2.24) is 0 Å². The highest BCUT2D eigenvalue weighted by atomic mass is 28.2. The third kappa shape index (κ3) is 6.78. The molecule has 1 heteroatoms. The summed E-state index contributed by atoms with van der Waals surface area (Å²) in [6.07, 6.45) is 7.03. The molecule has 0 rings (SSSR count). The van der Waals surface area contributed by atoms with Gasteiger partial charge in [-0.3, -0.25) is 0 Å².